The second-order valence-electron chi connectivity index (χ2n) is 4.77. The molecule has 0 atom stereocenters. The fourth-order valence-electron chi connectivity index (χ4n) is 2.24. The van der Waals surface area contributed by atoms with E-state index in [1.54, 1.807) is 38.7 Å². The molecule has 0 aliphatic carbocycles. The second-order valence-corrected chi connectivity index (χ2v) is 4.77. The quantitative estimate of drug-likeness (QED) is 0.778. The lowest BCUT2D eigenvalue weighted by Crippen LogP contribution is -1.94. The maximum Gasteiger partial charge on any atom is 0.219 e. The summed E-state index contributed by atoms with van der Waals surface area (Å²) in [4.78, 5) is 8.62. The average molecular weight is 311 g/mol. The fraction of sp³-hybridized carbons (Fsp3) is 0.176. The minimum Gasteiger partial charge on any atom is -0.493 e. The SMILES string of the molecule is CNc1ccc(Oc2ccnc3cc(OC)c(OC)cc23)nc1. The van der Waals surface area contributed by atoms with Crippen LogP contribution >= 0.6 is 0 Å². The van der Waals surface area contributed by atoms with E-state index < -0.39 is 0 Å². The van der Waals surface area contributed by atoms with Crippen molar-refractivity contribution in [1.29, 1.82) is 0 Å². The standard InChI is InChI=1S/C17H17N3O3/c1-18-11-4-5-17(20-10-11)23-14-6-7-19-13-9-16(22-3)15(21-2)8-12(13)14/h4-10,18H,1-3H3. The Morgan fingerprint density at radius 1 is 0.913 bits per heavy atom. The highest BCUT2D eigenvalue weighted by molar-refractivity contribution is 5.88. The molecule has 0 aliphatic rings. The van der Waals surface area contributed by atoms with Gasteiger partial charge in [-0.25, -0.2) is 4.98 Å². The smallest absolute Gasteiger partial charge is 0.219 e. The maximum absolute atomic E-state index is 5.89. The molecular formula is C17H17N3O3. The Morgan fingerprint density at radius 3 is 2.35 bits per heavy atom. The van der Waals surface area contributed by atoms with Crippen molar-refractivity contribution < 1.29 is 14.2 Å². The lowest BCUT2D eigenvalue weighted by Gasteiger charge is -2.12. The molecule has 0 spiro atoms. The van der Waals surface area contributed by atoms with Crippen molar-refractivity contribution in [2.24, 2.45) is 0 Å². The first-order valence-electron chi connectivity index (χ1n) is 7.07. The van der Waals surface area contributed by atoms with E-state index in [1.165, 1.54) is 0 Å². The first kappa shape index (κ1) is 14.9. The summed E-state index contributed by atoms with van der Waals surface area (Å²) in [6, 6.07) is 9.16. The third-order valence-electron chi connectivity index (χ3n) is 3.45. The van der Waals surface area contributed by atoms with Gasteiger partial charge in [0.15, 0.2) is 11.5 Å². The maximum atomic E-state index is 5.89. The van der Waals surface area contributed by atoms with E-state index in [1.807, 2.05) is 25.2 Å². The Balaban J connectivity index is 2.02. The molecule has 23 heavy (non-hydrogen) atoms. The number of nitrogens with zero attached hydrogens (tertiary/aromatic N) is 2. The van der Waals surface area contributed by atoms with Gasteiger partial charge in [0.1, 0.15) is 5.75 Å². The summed E-state index contributed by atoms with van der Waals surface area (Å²) < 4.78 is 16.5. The Morgan fingerprint density at radius 2 is 1.70 bits per heavy atom. The number of ether oxygens (including phenoxy) is 3. The molecule has 0 unspecified atom stereocenters. The molecule has 2 aromatic heterocycles. The van der Waals surface area contributed by atoms with Crippen molar-refractivity contribution in [1.82, 2.24) is 9.97 Å². The van der Waals surface area contributed by atoms with Crippen LogP contribution in [0.4, 0.5) is 5.69 Å². The van der Waals surface area contributed by atoms with Gasteiger partial charge in [-0.3, -0.25) is 4.98 Å². The van der Waals surface area contributed by atoms with Gasteiger partial charge < -0.3 is 19.5 Å². The third-order valence-corrected chi connectivity index (χ3v) is 3.45. The number of aromatic nitrogens is 2. The number of fused-ring (bicyclic) bond motifs is 1. The summed E-state index contributed by atoms with van der Waals surface area (Å²) >= 11 is 0. The molecule has 6 heteroatoms. The Bertz CT molecular complexity index is 819. The molecule has 0 saturated heterocycles. The number of hydrogen-bond donors (Lipinski definition) is 1. The number of methoxy groups -OCH3 is 2. The van der Waals surface area contributed by atoms with Crippen LogP contribution in [0.3, 0.4) is 0 Å². The molecule has 0 bridgehead atoms. The molecule has 0 fully saturated rings. The van der Waals surface area contributed by atoms with Crippen LogP contribution in [-0.2, 0) is 0 Å². The van der Waals surface area contributed by atoms with Crippen molar-refractivity contribution in [3.8, 4) is 23.1 Å². The lowest BCUT2D eigenvalue weighted by molar-refractivity contribution is 0.355. The van der Waals surface area contributed by atoms with E-state index >= 15 is 0 Å². The van der Waals surface area contributed by atoms with Gasteiger partial charge >= 0.3 is 0 Å². The highest BCUT2D eigenvalue weighted by Crippen LogP contribution is 2.36. The molecule has 118 valence electrons. The molecule has 0 amide bonds. The summed E-state index contributed by atoms with van der Waals surface area (Å²) in [5.41, 5.74) is 1.68. The zero-order valence-corrected chi connectivity index (χ0v) is 13.2. The van der Waals surface area contributed by atoms with Gasteiger partial charge in [-0.2, -0.15) is 0 Å². The highest BCUT2D eigenvalue weighted by Gasteiger charge is 2.11. The summed E-state index contributed by atoms with van der Waals surface area (Å²) in [6.07, 6.45) is 3.40. The largest absolute Gasteiger partial charge is 0.493 e. The zero-order chi connectivity index (χ0) is 16.2. The van der Waals surface area contributed by atoms with E-state index in [4.69, 9.17) is 14.2 Å². The molecule has 3 aromatic rings. The van der Waals surface area contributed by atoms with Crippen LogP contribution in [0.5, 0.6) is 23.1 Å². The van der Waals surface area contributed by atoms with Crippen molar-refractivity contribution in [3.63, 3.8) is 0 Å². The van der Waals surface area contributed by atoms with Gasteiger partial charge in [-0.15, -0.1) is 0 Å². The van der Waals surface area contributed by atoms with Crippen molar-refractivity contribution in [2.45, 2.75) is 0 Å². The van der Waals surface area contributed by atoms with Gasteiger partial charge in [0, 0.05) is 30.8 Å². The summed E-state index contributed by atoms with van der Waals surface area (Å²) in [5.74, 6) is 2.41. The van der Waals surface area contributed by atoms with Crippen LogP contribution in [0, 0.1) is 0 Å². The van der Waals surface area contributed by atoms with Gasteiger partial charge in [0.2, 0.25) is 5.88 Å². The molecule has 6 nitrogen and oxygen atoms in total. The normalized spacial score (nSPS) is 10.4. The molecule has 2 heterocycles. The second kappa shape index (κ2) is 6.39. The Labute approximate surface area is 134 Å². The number of rotatable bonds is 5. The summed E-state index contributed by atoms with van der Waals surface area (Å²) in [5, 5.41) is 3.84. The van der Waals surface area contributed by atoms with Gasteiger partial charge in [-0.1, -0.05) is 0 Å². The van der Waals surface area contributed by atoms with Crippen LogP contribution in [0.15, 0.2) is 42.7 Å². The van der Waals surface area contributed by atoms with Gasteiger partial charge in [0.05, 0.1) is 31.6 Å². The first-order valence-corrected chi connectivity index (χ1v) is 7.07. The molecule has 0 radical (unpaired) electrons. The fourth-order valence-corrected chi connectivity index (χ4v) is 2.24. The van der Waals surface area contributed by atoms with Crippen LogP contribution in [0.25, 0.3) is 10.9 Å². The van der Waals surface area contributed by atoms with Crippen molar-refractivity contribution in [2.75, 3.05) is 26.6 Å². The predicted octanol–water partition coefficient (Wildman–Crippen LogP) is 3.48. The number of pyridine rings is 2. The summed E-state index contributed by atoms with van der Waals surface area (Å²) in [6.45, 7) is 0. The van der Waals surface area contributed by atoms with Crippen LogP contribution in [0.2, 0.25) is 0 Å². The number of benzene rings is 1. The predicted molar refractivity (Wildman–Crippen MR) is 88.7 cm³/mol. The number of hydrogen-bond acceptors (Lipinski definition) is 6. The van der Waals surface area contributed by atoms with Gasteiger partial charge in [0.25, 0.3) is 0 Å². The van der Waals surface area contributed by atoms with E-state index in [0.29, 0.717) is 23.1 Å². The lowest BCUT2D eigenvalue weighted by atomic mass is 10.2. The molecule has 1 aromatic carbocycles. The minimum atomic E-state index is 0.506. The molecule has 0 aliphatic heterocycles. The third kappa shape index (κ3) is 2.96. The van der Waals surface area contributed by atoms with Crippen molar-refractivity contribution in [3.05, 3.63) is 42.7 Å². The number of anilines is 1. The molecule has 0 saturated carbocycles. The van der Waals surface area contributed by atoms with E-state index in [9.17, 15) is 0 Å². The monoisotopic (exact) mass is 311 g/mol. The van der Waals surface area contributed by atoms with Crippen molar-refractivity contribution >= 4 is 16.6 Å². The topological polar surface area (TPSA) is 65.5 Å². The molecule has 1 N–H and O–H groups in total. The van der Waals surface area contributed by atoms with Gasteiger partial charge in [-0.05, 0) is 18.2 Å². The van der Waals surface area contributed by atoms with E-state index in [0.717, 1.165) is 16.6 Å². The van der Waals surface area contributed by atoms with Crippen LogP contribution < -0.4 is 19.5 Å². The van der Waals surface area contributed by atoms with Crippen LogP contribution in [-0.4, -0.2) is 31.2 Å². The Kier molecular flexibility index (Phi) is 4.14. The zero-order valence-electron chi connectivity index (χ0n) is 13.2. The van der Waals surface area contributed by atoms with E-state index in [2.05, 4.69) is 15.3 Å². The Hall–Kier alpha value is -3.02. The molecular weight excluding hydrogens is 294 g/mol. The molecule has 3 rings (SSSR count). The number of nitrogens with one attached hydrogen (secondary N) is 1. The summed E-state index contributed by atoms with van der Waals surface area (Å²) in [7, 11) is 5.03. The highest BCUT2D eigenvalue weighted by atomic mass is 16.5. The first-order chi connectivity index (χ1) is 11.2. The van der Waals surface area contributed by atoms with E-state index in [-0.39, 0.29) is 0 Å². The average Bonchev–Trinajstić information content (AvgIpc) is 2.61. The van der Waals surface area contributed by atoms with Crippen LogP contribution in [0.1, 0.15) is 0 Å². The minimum absolute atomic E-state index is 0.506.